The van der Waals surface area contributed by atoms with Crippen molar-refractivity contribution >= 4 is 33.6 Å². The number of ether oxygens (including phenoxy) is 1. The fourth-order valence-electron chi connectivity index (χ4n) is 2.43. The van der Waals surface area contributed by atoms with Gasteiger partial charge in [-0.1, -0.05) is 0 Å². The van der Waals surface area contributed by atoms with E-state index in [0.29, 0.717) is 30.7 Å². The van der Waals surface area contributed by atoms with Gasteiger partial charge < -0.3 is 20.5 Å². The number of carboxylic acid groups (broad SMARTS) is 1. The van der Waals surface area contributed by atoms with Crippen LogP contribution in [0.1, 0.15) is 19.3 Å². The Morgan fingerprint density at radius 2 is 2.14 bits per heavy atom. The van der Waals surface area contributed by atoms with E-state index < -0.39 is 5.97 Å². The van der Waals surface area contributed by atoms with Crippen LogP contribution >= 0.6 is 15.9 Å². The van der Waals surface area contributed by atoms with Gasteiger partial charge in [0.2, 0.25) is 0 Å². The number of carbonyl (C=O) groups is 2. The van der Waals surface area contributed by atoms with Crippen LogP contribution in [0.2, 0.25) is 0 Å². The maximum Gasteiger partial charge on any atom is 0.319 e. The molecule has 2 atom stereocenters. The predicted octanol–water partition coefficient (Wildman–Crippen LogP) is 2.83. The van der Waals surface area contributed by atoms with Gasteiger partial charge in [0.15, 0.2) is 0 Å². The van der Waals surface area contributed by atoms with Crippen LogP contribution in [0.15, 0.2) is 22.7 Å². The number of nitrogens with one attached hydrogen (secondary N) is 2. The van der Waals surface area contributed by atoms with Gasteiger partial charge in [0, 0.05) is 17.8 Å². The summed E-state index contributed by atoms with van der Waals surface area (Å²) in [5.74, 6) is -0.528. The second kappa shape index (κ2) is 6.80. The Bertz CT molecular complexity index is 550. The largest absolute Gasteiger partial charge is 0.495 e. The first-order valence-corrected chi connectivity index (χ1v) is 7.42. The van der Waals surface area contributed by atoms with E-state index in [1.807, 2.05) is 0 Å². The number of halogens is 1. The van der Waals surface area contributed by atoms with Gasteiger partial charge in [0.05, 0.1) is 17.5 Å². The number of carboxylic acids is 1. The fourth-order valence-corrected chi connectivity index (χ4v) is 2.84. The summed E-state index contributed by atoms with van der Waals surface area (Å²) >= 11 is 3.34. The Balaban J connectivity index is 1.89. The van der Waals surface area contributed by atoms with E-state index in [4.69, 9.17) is 9.84 Å². The van der Waals surface area contributed by atoms with Crippen LogP contribution in [0.4, 0.5) is 10.5 Å². The van der Waals surface area contributed by atoms with Gasteiger partial charge in [-0.05, 0) is 47.3 Å². The molecule has 1 saturated carbocycles. The van der Waals surface area contributed by atoms with E-state index in [1.165, 1.54) is 0 Å². The third-order valence-electron chi connectivity index (χ3n) is 3.53. The number of aliphatic carboxylic acids is 1. The van der Waals surface area contributed by atoms with E-state index in [2.05, 4.69) is 26.6 Å². The molecule has 6 nitrogen and oxygen atoms in total. The summed E-state index contributed by atoms with van der Waals surface area (Å²) in [5, 5.41) is 14.5. The number of rotatable bonds is 4. The Morgan fingerprint density at radius 3 is 2.76 bits per heavy atom. The minimum Gasteiger partial charge on any atom is -0.495 e. The van der Waals surface area contributed by atoms with Crippen LogP contribution in [0.3, 0.4) is 0 Å². The summed E-state index contributed by atoms with van der Waals surface area (Å²) in [7, 11) is 1.55. The Hall–Kier alpha value is -1.76. The molecule has 114 valence electrons. The van der Waals surface area contributed by atoms with Crippen molar-refractivity contribution in [3.63, 3.8) is 0 Å². The molecule has 0 aromatic heterocycles. The van der Waals surface area contributed by atoms with Crippen molar-refractivity contribution in [2.24, 2.45) is 5.92 Å². The summed E-state index contributed by atoms with van der Waals surface area (Å²) in [6, 6.07) is 4.81. The molecule has 21 heavy (non-hydrogen) atoms. The van der Waals surface area contributed by atoms with E-state index >= 15 is 0 Å². The van der Waals surface area contributed by atoms with Crippen LogP contribution < -0.4 is 15.4 Å². The van der Waals surface area contributed by atoms with Gasteiger partial charge in [0.25, 0.3) is 0 Å². The Labute approximate surface area is 131 Å². The first kappa shape index (κ1) is 15.6. The molecule has 0 saturated heterocycles. The number of carbonyl (C=O) groups excluding carboxylic acids is 1. The summed E-state index contributed by atoms with van der Waals surface area (Å²) in [4.78, 5) is 22.8. The molecule has 1 aliphatic carbocycles. The Morgan fingerprint density at radius 1 is 1.38 bits per heavy atom. The molecule has 3 N–H and O–H groups in total. The minimum atomic E-state index is -0.794. The highest BCUT2D eigenvalue weighted by Crippen LogP contribution is 2.28. The number of amides is 2. The number of hydrogen-bond acceptors (Lipinski definition) is 3. The summed E-state index contributed by atoms with van der Waals surface area (Å²) in [6.45, 7) is 0. The highest BCUT2D eigenvalue weighted by atomic mass is 79.9. The molecule has 1 aliphatic rings. The molecule has 2 unspecified atom stereocenters. The highest BCUT2D eigenvalue weighted by Gasteiger charge is 2.30. The zero-order valence-electron chi connectivity index (χ0n) is 11.6. The number of anilines is 1. The van der Waals surface area contributed by atoms with Crippen molar-refractivity contribution < 1.29 is 19.4 Å². The smallest absolute Gasteiger partial charge is 0.319 e. The molecule has 0 bridgehead atoms. The van der Waals surface area contributed by atoms with E-state index in [0.717, 1.165) is 4.47 Å². The van der Waals surface area contributed by atoms with Gasteiger partial charge in [-0.25, -0.2) is 4.79 Å². The standard InChI is InChI=1S/C14H17BrN2O4/c1-21-12-7-10(4-5-11(12)15)17-14(20)16-9-3-2-8(6-9)13(18)19/h4-5,7-9H,2-3,6H2,1H3,(H,18,19)(H2,16,17,20). The monoisotopic (exact) mass is 356 g/mol. The summed E-state index contributed by atoms with van der Waals surface area (Å²) in [5.41, 5.74) is 0.611. The molecule has 0 aliphatic heterocycles. The molecular weight excluding hydrogens is 340 g/mol. The lowest BCUT2D eigenvalue weighted by molar-refractivity contribution is -0.141. The maximum atomic E-state index is 11.9. The molecule has 0 heterocycles. The number of benzene rings is 1. The summed E-state index contributed by atoms with van der Waals surface area (Å²) < 4.78 is 5.96. The second-order valence-corrected chi connectivity index (χ2v) is 5.85. The first-order valence-electron chi connectivity index (χ1n) is 6.63. The van der Waals surface area contributed by atoms with Crippen molar-refractivity contribution in [3.8, 4) is 5.75 Å². The predicted molar refractivity (Wildman–Crippen MR) is 81.6 cm³/mol. The molecule has 2 rings (SSSR count). The normalized spacial score (nSPS) is 20.9. The number of methoxy groups -OCH3 is 1. The van der Waals surface area contributed by atoms with Crippen molar-refractivity contribution in [1.82, 2.24) is 5.32 Å². The average Bonchev–Trinajstić information content (AvgIpc) is 2.89. The van der Waals surface area contributed by atoms with Crippen molar-refractivity contribution in [3.05, 3.63) is 22.7 Å². The van der Waals surface area contributed by atoms with E-state index in [9.17, 15) is 9.59 Å². The molecule has 0 spiro atoms. The fraction of sp³-hybridized carbons (Fsp3) is 0.429. The second-order valence-electron chi connectivity index (χ2n) is 4.99. The number of hydrogen-bond donors (Lipinski definition) is 3. The first-order chi connectivity index (χ1) is 9.99. The third kappa shape index (κ3) is 4.10. The van der Waals surface area contributed by atoms with Gasteiger partial charge in [-0.15, -0.1) is 0 Å². The lowest BCUT2D eigenvalue weighted by Gasteiger charge is -2.14. The SMILES string of the molecule is COc1cc(NC(=O)NC2CCC(C(=O)O)C2)ccc1Br. The van der Waals surface area contributed by atoms with Crippen molar-refractivity contribution in [2.45, 2.75) is 25.3 Å². The van der Waals surface area contributed by atoms with Crippen LogP contribution in [0.25, 0.3) is 0 Å². The highest BCUT2D eigenvalue weighted by molar-refractivity contribution is 9.10. The molecule has 2 amide bonds. The van der Waals surface area contributed by atoms with Crippen LogP contribution in [0.5, 0.6) is 5.75 Å². The average molecular weight is 357 g/mol. The molecule has 7 heteroatoms. The van der Waals surface area contributed by atoms with Crippen molar-refractivity contribution in [1.29, 1.82) is 0 Å². The van der Waals surface area contributed by atoms with Crippen LogP contribution in [-0.4, -0.2) is 30.3 Å². The lowest BCUT2D eigenvalue weighted by Crippen LogP contribution is -2.36. The van der Waals surface area contributed by atoms with Gasteiger partial charge in [-0.3, -0.25) is 4.79 Å². The molecule has 1 fully saturated rings. The van der Waals surface area contributed by atoms with Gasteiger partial charge in [-0.2, -0.15) is 0 Å². The quantitative estimate of drug-likeness (QED) is 0.773. The third-order valence-corrected chi connectivity index (χ3v) is 4.18. The van der Waals surface area contributed by atoms with Crippen LogP contribution in [0, 0.1) is 5.92 Å². The zero-order chi connectivity index (χ0) is 15.4. The minimum absolute atomic E-state index is 0.0940. The lowest BCUT2D eigenvalue weighted by atomic mass is 10.1. The maximum absolute atomic E-state index is 11.9. The van der Waals surface area contributed by atoms with E-state index in [1.54, 1.807) is 25.3 Å². The molecule has 1 aromatic carbocycles. The zero-order valence-corrected chi connectivity index (χ0v) is 13.1. The van der Waals surface area contributed by atoms with Crippen molar-refractivity contribution in [2.75, 3.05) is 12.4 Å². The molecular formula is C14H17BrN2O4. The number of urea groups is 1. The summed E-state index contributed by atoms with van der Waals surface area (Å²) in [6.07, 6.45) is 1.77. The Kier molecular flexibility index (Phi) is 5.06. The van der Waals surface area contributed by atoms with Crippen LogP contribution in [-0.2, 0) is 4.79 Å². The van der Waals surface area contributed by atoms with Gasteiger partial charge in [0.1, 0.15) is 5.75 Å². The van der Waals surface area contributed by atoms with E-state index in [-0.39, 0.29) is 18.0 Å². The van der Waals surface area contributed by atoms with Gasteiger partial charge >= 0.3 is 12.0 Å². The molecule has 1 aromatic rings. The topological polar surface area (TPSA) is 87.7 Å². The molecule has 0 radical (unpaired) electrons.